The highest BCUT2D eigenvalue weighted by atomic mass is 35.5. The molecule has 0 saturated carbocycles. The number of methoxy groups -OCH3 is 1. The largest absolute Gasteiger partial charge is 0.492 e. The fraction of sp³-hybridized carbons (Fsp3) is 0.556. The third-order valence-corrected chi connectivity index (χ3v) is 2.12. The van der Waals surface area contributed by atoms with Crippen molar-refractivity contribution in [1.82, 2.24) is 15.3 Å². The van der Waals surface area contributed by atoms with Gasteiger partial charge in [0.15, 0.2) is 10.9 Å². The normalized spacial score (nSPS) is 12.6. The zero-order chi connectivity index (χ0) is 10.6. The average Bonchev–Trinajstić information content (AvgIpc) is 2.18. The quantitative estimate of drug-likeness (QED) is 0.779. The molecule has 0 spiro atoms. The van der Waals surface area contributed by atoms with Crippen LogP contribution in [0.5, 0.6) is 5.75 Å². The number of nitrogens with one attached hydrogen (secondary N) is 1. The summed E-state index contributed by atoms with van der Waals surface area (Å²) < 4.78 is 4.96. The molecule has 0 amide bonds. The summed E-state index contributed by atoms with van der Waals surface area (Å²) in [5.74, 6) is 1.18. The number of nitrogens with zero attached hydrogens (tertiary/aromatic N) is 2. The van der Waals surface area contributed by atoms with Gasteiger partial charge in [0.25, 0.3) is 0 Å². The van der Waals surface area contributed by atoms with Crippen LogP contribution in [0.4, 0.5) is 0 Å². The Bertz CT molecular complexity index is 306. The van der Waals surface area contributed by atoms with Gasteiger partial charge < -0.3 is 10.1 Å². The van der Waals surface area contributed by atoms with Crippen molar-refractivity contribution >= 4 is 11.6 Å². The van der Waals surface area contributed by atoms with Gasteiger partial charge in [-0.25, -0.2) is 9.97 Å². The van der Waals surface area contributed by atoms with Crippen LogP contribution in [0.1, 0.15) is 25.7 Å². The smallest absolute Gasteiger partial charge is 0.174 e. The van der Waals surface area contributed by atoms with Gasteiger partial charge in [-0.3, -0.25) is 0 Å². The van der Waals surface area contributed by atoms with E-state index in [0.29, 0.717) is 16.7 Å². The summed E-state index contributed by atoms with van der Waals surface area (Å²) in [6.45, 7) is 4.89. The van der Waals surface area contributed by atoms with E-state index in [2.05, 4.69) is 15.3 Å². The SMILES string of the molecule is CCNC(C)c1ncc(OC)c(Cl)n1. The molecule has 1 N–H and O–H groups in total. The molecule has 78 valence electrons. The van der Waals surface area contributed by atoms with Crippen LogP contribution in [0, 0.1) is 0 Å². The fourth-order valence-electron chi connectivity index (χ4n) is 1.11. The number of aromatic nitrogens is 2. The molecule has 1 atom stereocenters. The molecule has 0 aliphatic rings. The van der Waals surface area contributed by atoms with E-state index < -0.39 is 0 Å². The van der Waals surface area contributed by atoms with Crippen LogP contribution >= 0.6 is 11.6 Å². The molecule has 1 aromatic heterocycles. The molecule has 4 nitrogen and oxygen atoms in total. The Labute approximate surface area is 88.7 Å². The molecule has 1 aromatic rings. The second kappa shape index (κ2) is 5.12. The zero-order valence-corrected chi connectivity index (χ0v) is 9.30. The summed E-state index contributed by atoms with van der Waals surface area (Å²) in [6, 6.07) is 0.100. The summed E-state index contributed by atoms with van der Waals surface area (Å²) in [6.07, 6.45) is 1.58. The molecule has 1 heterocycles. The fourth-order valence-corrected chi connectivity index (χ4v) is 1.32. The molecule has 1 unspecified atom stereocenters. The highest BCUT2D eigenvalue weighted by Crippen LogP contribution is 2.21. The molecule has 1 rings (SSSR count). The van der Waals surface area contributed by atoms with Gasteiger partial charge in [0, 0.05) is 0 Å². The Morgan fingerprint density at radius 3 is 2.86 bits per heavy atom. The summed E-state index contributed by atoms with van der Waals surface area (Å²) in [4.78, 5) is 8.28. The first-order chi connectivity index (χ1) is 6.69. The lowest BCUT2D eigenvalue weighted by Crippen LogP contribution is -2.20. The minimum Gasteiger partial charge on any atom is -0.492 e. The average molecular weight is 216 g/mol. The van der Waals surface area contributed by atoms with E-state index in [1.54, 1.807) is 6.20 Å². The Morgan fingerprint density at radius 2 is 2.36 bits per heavy atom. The van der Waals surface area contributed by atoms with Crippen LogP contribution in [-0.2, 0) is 0 Å². The standard InChI is InChI=1S/C9H14ClN3O/c1-4-11-6(2)9-12-5-7(14-3)8(10)13-9/h5-6,11H,4H2,1-3H3. The van der Waals surface area contributed by atoms with Gasteiger partial charge >= 0.3 is 0 Å². The summed E-state index contributed by atoms with van der Waals surface area (Å²) in [5.41, 5.74) is 0. The summed E-state index contributed by atoms with van der Waals surface area (Å²) >= 11 is 5.87. The molecule has 0 radical (unpaired) electrons. The number of rotatable bonds is 4. The van der Waals surface area contributed by atoms with E-state index >= 15 is 0 Å². The van der Waals surface area contributed by atoms with E-state index in [1.807, 2.05) is 13.8 Å². The van der Waals surface area contributed by atoms with Gasteiger partial charge in [-0.1, -0.05) is 18.5 Å². The van der Waals surface area contributed by atoms with Crippen LogP contribution in [0.15, 0.2) is 6.20 Å². The second-order valence-corrected chi connectivity index (χ2v) is 3.22. The van der Waals surface area contributed by atoms with Gasteiger partial charge in [-0.2, -0.15) is 0 Å². The van der Waals surface area contributed by atoms with E-state index in [1.165, 1.54) is 7.11 Å². The maximum Gasteiger partial charge on any atom is 0.174 e. The summed E-state index contributed by atoms with van der Waals surface area (Å²) in [7, 11) is 1.54. The minimum atomic E-state index is 0.100. The number of hydrogen-bond acceptors (Lipinski definition) is 4. The lowest BCUT2D eigenvalue weighted by atomic mass is 10.3. The van der Waals surface area contributed by atoms with Crippen molar-refractivity contribution in [2.45, 2.75) is 19.9 Å². The lowest BCUT2D eigenvalue weighted by molar-refractivity contribution is 0.409. The number of halogens is 1. The molecule has 0 aliphatic carbocycles. The Kier molecular flexibility index (Phi) is 4.10. The molecule has 0 fully saturated rings. The van der Waals surface area contributed by atoms with Crippen LogP contribution < -0.4 is 10.1 Å². The van der Waals surface area contributed by atoms with Crippen molar-refractivity contribution in [2.75, 3.05) is 13.7 Å². The maximum absolute atomic E-state index is 5.87. The predicted molar refractivity (Wildman–Crippen MR) is 55.7 cm³/mol. The molecular formula is C9H14ClN3O. The van der Waals surface area contributed by atoms with E-state index in [4.69, 9.17) is 16.3 Å². The van der Waals surface area contributed by atoms with Gasteiger partial charge in [-0.05, 0) is 13.5 Å². The van der Waals surface area contributed by atoms with Crippen molar-refractivity contribution in [1.29, 1.82) is 0 Å². The first-order valence-electron chi connectivity index (χ1n) is 4.48. The van der Waals surface area contributed by atoms with Crippen LogP contribution in [0.25, 0.3) is 0 Å². The van der Waals surface area contributed by atoms with E-state index in [9.17, 15) is 0 Å². The van der Waals surface area contributed by atoms with Crippen molar-refractivity contribution in [3.8, 4) is 5.75 Å². The molecular weight excluding hydrogens is 202 g/mol. The van der Waals surface area contributed by atoms with Gasteiger partial charge in [0.05, 0.1) is 19.3 Å². The third-order valence-electron chi connectivity index (χ3n) is 1.85. The highest BCUT2D eigenvalue weighted by Gasteiger charge is 2.10. The van der Waals surface area contributed by atoms with Crippen LogP contribution in [-0.4, -0.2) is 23.6 Å². The maximum atomic E-state index is 5.87. The third kappa shape index (κ3) is 2.56. The topological polar surface area (TPSA) is 47.0 Å². The Balaban J connectivity index is 2.85. The molecule has 0 saturated heterocycles. The van der Waals surface area contributed by atoms with Gasteiger partial charge in [-0.15, -0.1) is 0 Å². The van der Waals surface area contributed by atoms with Crippen molar-refractivity contribution < 1.29 is 4.74 Å². The second-order valence-electron chi connectivity index (χ2n) is 2.87. The van der Waals surface area contributed by atoms with Gasteiger partial charge in [0.2, 0.25) is 0 Å². The van der Waals surface area contributed by atoms with E-state index in [0.717, 1.165) is 6.54 Å². The van der Waals surface area contributed by atoms with E-state index in [-0.39, 0.29) is 6.04 Å². The molecule has 0 aliphatic heterocycles. The highest BCUT2D eigenvalue weighted by molar-refractivity contribution is 6.30. The minimum absolute atomic E-state index is 0.100. The van der Waals surface area contributed by atoms with Crippen LogP contribution in [0.2, 0.25) is 5.15 Å². The number of hydrogen-bond donors (Lipinski definition) is 1. The number of ether oxygens (including phenoxy) is 1. The van der Waals surface area contributed by atoms with Gasteiger partial charge in [0.1, 0.15) is 5.82 Å². The molecule has 5 heteroatoms. The van der Waals surface area contributed by atoms with Crippen molar-refractivity contribution in [2.24, 2.45) is 0 Å². The first-order valence-corrected chi connectivity index (χ1v) is 4.86. The first kappa shape index (κ1) is 11.2. The molecule has 0 bridgehead atoms. The van der Waals surface area contributed by atoms with Crippen LogP contribution in [0.3, 0.4) is 0 Å². The zero-order valence-electron chi connectivity index (χ0n) is 8.54. The Morgan fingerprint density at radius 1 is 1.64 bits per heavy atom. The van der Waals surface area contributed by atoms with Crippen molar-refractivity contribution in [3.05, 3.63) is 17.2 Å². The van der Waals surface area contributed by atoms with Crippen molar-refractivity contribution in [3.63, 3.8) is 0 Å². The molecule has 0 aromatic carbocycles. The molecule has 14 heavy (non-hydrogen) atoms. The Hall–Kier alpha value is -0.870. The lowest BCUT2D eigenvalue weighted by Gasteiger charge is -2.11. The predicted octanol–water partition coefficient (Wildman–Crippen LogP) is 1.81. The monoisotopic (exact) mass is 215 g/mol. The summed E-state index contributed by atoms with van der Waals surface area (Å²) in [5, 5.41) is 3.55.